The van der Waals surface area contributed by atoms with Crippen LogP contribution in [-0.4, -0.2) is 47.8 Å². The average molecular weight is 471 g/mol. The van der Waals surface area contributed by atoms with Gasteiger partial charge in [-0.3, -0.25) is 4.90 Å². The predicted molar refractivity (Wildman–Crippen MR) is 127 cm³/mol. The number of imidazole rings is 1. The number of hydrogen-bond acceptors (Lipinski definition) is 7. The largest absolute Gasteiger partial charge is 0.507 e. The smallest absolute Gasteiger partial charge is 0.173 e. The van der Waals surface area contributed by atoms with Crippen molar-refractivity contribution in [3.05, 3.63) is 83.5 Å². The summed E-state index contributed by atoms with van der Waals surface area (Å²) in [6.45, 7) is 6.38. The first-order valence-corrected chi connectivity index (χ1v) is 11.4. The molecule has 4 aromatic heterocycles. The van der Waals surface area contributed by atoms with Gasteiger partial charge in [0, 0.05) is 54.6 Å². The average Bonchev–Trinajstić information content (AvgIpc) is 3.40. The molecule has 1 fully saturated rings. The van der Waals surface area contributed by atoms with Crippen LogP contribution in [0, 0.1) is 19.7 Å². The number of phenols is 1. The lowest BCUT2D eigenvalue weighted by Crippen LogP contribution is -2.44. The van der Waals surface area contributed by atoms with E-state index in [1.165, 1.54) is 6.07 Å². The van der Waals surface area contributed by atoms with Gasteiger partial charge in [-0.25, -0.2) is 9.37 Å². The number of pyridine rings is 1. The number of nitrogens with zero attached hydrogens (tertiary/aromatic N) is 6. The molecule has 0 amide bonds. The molecular formula is C26H23FN6O2. The van der Waals surface area contributed by atoms with E-state index in [0.29, 0.717) is 28.3 Å². The van der Waals surface area contributed by atoms with Crippen molar-refractivity contribution in [3.8, 4) is 28.1 Å². The third-order valence-electron chi connectivity index (χ3n) is 6.54. The van der Waals surface area contributed by atoms with Gasteiger partial charge in [-0.1, -0.05) is 11.2 Å². The van der Waals surface area contributed by atoms with Crippen molar-refractivity contribution >= 4 is 5.65 Å². The summed E-state index contributed by atoms with van der Waals surface area (Å²) in [5.41, 5.74) is 6.48. The summed E-state index contributed by atoms with van der Waals surface area (Å²) in [7, 11) is 0. The van der Waals surface area contributed by atoms with Gasteiger partial charge in [-0.2, -0.15) is 10.2 Å². The molecular weight excluding hydrogens is 447 g/mol. The second-order valence-corrected chi connectivity index (χ2v) is 9.08. The number of aromatic hydroxyl groups is 1. The zero-order valence-electron chi connectivity index (χ0n) is 19.3. The van der Waals surface area contributed by atoms with Crippen LogP contribution in [0.2, 0.25) is 0 Å². The van der Waals surface area contributed by atoms with Crippen LogP contribution in [0.3, 0.4) is 0 Å². The van der Waals surface area contributed by atoms with Crippen LogP contribution < -0.4 is 0 Å². The fraction of sp³-hybridized carbons (Fsp3) is 0.231. The molecule has 8 nitrogen and oxygen atoms in total. The van der Waals surface area contributed by atoms with Crippen LogP contribution in [0.4, 0.5) is 4.39 Å². The van der Waals surface area contributed by atoms with Crippen LogP contribution >= 0.6 is 0 Å². The number of halogens is 1. The lowest BCUT2D eigenvalue weighted by molar-refractivity contribution is 0.136. The minimum absolute atomic E-state index is 0.0609. The second-order valence-electron chi connectivity index (χ2n) is 9.08. The van der Waals surface area contributed by atoms with Gasteiger partial charge in [0.25, 0.3) is 0 Å². The molecule has 5 aromatic rings. The van der Waals surface area contributed by atoms with E-state index in [4.69, 9.17) is 4.52 Å². The van der Waals surface area contributed by atoms with Gasteiger partial charge < -0.3 is 14.0 Å². The fourth-order valence-electron chi connectivity index (χ4n) is 4.56. The molecule has 0 spiro atoms. The van der Waals surface area contributed by atoms with E-state index in [0.717, 1.165) is 42.3 Å². The normalized spacial score (nSPS) is 14.5. The zero-order chi connectivity index (χ0) is 24.1. The highest BCUT2D eigenvalue weighted by Crippen LogP contribution is 2.34. The second kappa shape index (κ2) is 8.28. The maximum atomic E-state index is 14.5. The van der Waals surface area contributed by atoms with Gasteiger partial charge in [0.1, 0.15) is 12.0 Å². The van der Waals surface area contributed by atoms with Gasteiger partial charge in [-0.15, -0.1) is 0 Å². The summed E-state index contributed by atoms with van der Waals surface area (Å²) < 4.78 is 21.2. The predicted octanol–water partition coefficient (Wildman–Crippen LogP) is 4.51. The third-order valence-corrected chi connectivity index (χ3v) is 6.54. The molecule has 0 saturated carbocycles. The molecule has 1 saturated heterocycles. The molecule has 1 aliphatic rings. The summed E-state index contributed by atoms with van der Waals surface area (Å²) in [5.74, 6) is -0.0261. The van der Waals surface area contributed by atoms with E-state index >= 15 is 0 Å². The number of hydrogen-bond donors (Lipinski definition) is 1. The van der Waals surface area contributed by atoms with E-state index in [1.807, 2.05) is 32.0 Å². The third kappa shape index (κ3) is 3.93. The van der Waals surface area contributed by atoms with E-state index in [9.17, 15) is 9.50 Å². The molecule has 0 radical (unpaired) electrons. The molecule has 6 rings (SSSR count). The van der Waals surface area contributed by atoms with Crippen molar-refractivity contribution < 1.29 is 14.0 Å². The first kappa shape index (κ1) is 21.4. The first-order chi connectivity index (χ1) is 16.9. The van der Waals surface area contributed by atoms with E-state index in [-0.39, 0.29) is 11.4 Å². The molecule has 0 aliphatic carbocycles. The highest BCUT2D eigenvalue weighted by atomic mass is 19.1. The van der Waals surface area contributed by atoms with Gasteiger partial charge >= 0.3 is 0 Å². The summed E-state index contributed by atoms with van der Waals surface area (Å²) in [5, 5.41) is 23.4. The van der Waals surface area contributed by atoms with Crippen molar-refractivity contribution in [2.24, 2.45) is 0 Å². The molecule has 1 N–H and O–H groups in total. The molecule has 0 atom stereocenters. The zero-order valence-corrected chi connectivity index (χ0v) is 19.3. The van der Waals surface area contributed by atoms with E-state index < -0.39 is 5.82 Å². The van der Waals surface area contributed by atoms with Crippen LogP contribution in [0.5, 0.6) is 5.75 Å². The molecule has 5 heterocycles. The van der Waals surface area contributed by atoms with Gasteiger partial charge in [0.05, 0.1) is 22.8 Å². The Morgan fingerprint density at radius 2 is 1.91 bits per heavy atom. The molecule has 1 aromatic carbocycles. The SMILES string of the molecule is Cc1cn2cc(-c3ccc(-c4ccc(C5CN(Cc6conc6C)C5)nn4)c(O)c3)cc(F)c2n1. The number of aryl methyl sites for hydroxylation is 2. The number of likely N-dealkylation sites (tertiary alicyclic amines) is 1. The van der Waals surface area contributed by atoms with E-state index in [1.54, 1.807) is 35.2 Å². The quantitative estimate of drug-likeness (QED) is 0.404. The maximum Gasteiger partial charge on any atom is 0.173 e. The number of rotatable bonds is 5. The van der Waals surface area contributed by atoms with Crippen molar-refractivity contribution in [2.75, 3.05) is 13.1 Å². The number of benzene rings is 1. The van der Waals surface area contributed by atoms with Crippen LogP contribution in [0.1, 0.15) is 28.6 Å². The highest BCUT2D eigenvalue weighted by molar-refractivity contribution is 5.74. The summed E-state index contributed by atoms with van der Waals surface area (Å²) in [4.78, 5) is 6.50. The summed E-state index contributed by atoms with van der Waals surface area (Å²) in [6, 6.07) is 10.5. The van der Waals surface area contributed by atoms with Crippen molar-refractivity contribution in [3.63, 3.8) is 0 Å². The molecule has 35 heavy (non-hydrogen) atoms. The number of aromatic nitrogens is 5. The van der Waals surface area contributed by atoms with Gasteiger partial charge in [0.2, 0.25) is 0 Å². The molecule has 0 bridgehead atoms. The van der Waals surface area contributed by atoms with Crippen LogP contribution in [-0.2, 0) is 6.54 Å². The Morgan fingerprint density at radius 1 is 1.06 bits per heavy atom. The van der Waals surface area contributed by atoms with Gasteiger partial charge in [0.15, 0.2) is 11.5 Å². The topological polar surface area (TPSA) is 92.6 Å². The minimum atomic E-state index is -0.410. The highest BCUT2D eigenvalue weighted by Gasteiger charge is 2.30. The Hall–Kier alpha value is -4.11. The lowest BCUT2D eigenvalue weighted by Gasteiger charge is -2.38. The van der Waals surface area contributed by atoms with E-state index in [2.05, 4.69) is 25.2 Å². The van der Waals surface area contributed by atoms with Gasteiger partial charge in [-0.05, 0) is 49.7 Å². The Balaban J connectivity index is 1.17. The van der Waals surface area contributed by atoms with Crippen molar-refractivity contribution in [2.45, 2.75) is 26.3 Å². The number of fused-ring (bicyclic) bond motifs is 1. The fourth-order valence-corrected chi connectivity index (χ4v) is 4.56. The first-order valence-electron chi connectivity index (χ1n) is 11.4. The standard InChI is InChI=1S/C26H23FN6O2/c1-15-9-33-13-18(7-22(27)26(33)28-15)17-3-4-21(25(34)8-17)24-6-5-23(29-30-24)19-10-32(11-19)12-20-14-35-31-16(20)2/h3-9,13-14,19,34H,10-12H2,1-2H3. The summed E-state index contributed by atoms with van der Waals surface area (Å²) in [6.07, 6.45) is 5.26. The Kier molecular flexibility index (Phi) is 5.07. The Morgan fingerprint density at radius 3 is 2.63 bits per heavy atom. The maximum absolute atomic E-state index is 14.5. The van der Waals surface area contributed by atoms with Crippen LogP contribution in [0.25, 0.3) is 28.0 Å². The number of phenolic OH excluding ortho intramolecular Hbond substituents is 1. The minimum Gasteiger partial charge on any atom is -0.507 e. The Bertz CT molecular complexity index is 1540. The lowest BCUT2D eigenvalue weighted by atomic mass is 9.95. The summed E-state index contributed by atoms with van der Waals surface area (Å²) >= 11 is 0. The molecule has 1 aliphatic heterocycles. The molecule has 176 valence electrons. The van der Waals surface area contributed by atoms with Crippen LogP contribution in [0.15, 0.2) is 59.6 Å². The molecule has 0 unspecified atom stereocenters. The monoisotopic (exact) mass is 470 g/mol. The Labute approximate surface area is 200 Å². The van der Waals surface area contributed by atoms with Crippen molar-refractivity contribution in [1.82, 2.24) is 29.6 Å². The molecule has 9 heteroatoms. The van der Waals surface area contributed by atoms with Crippen molar-refractivity contribution in [1.29, 1.82) is 0 Å².